The Hall–Kier alpha value is -1.43. The minimum absolute atomic E-state index is 0.0649. The van der Waals surface area contributed by atoms with Crippen LogP contribution in [0.4, 0.5) is 0 Å². The largest absolute Gasteiger partial charge is 0.332 e. The third kappa shape index (κ3) is 2.63. The number of aryl methyl sites for hydroxylation is 1. The molecule has 1 aliphatic heterocycles. The van der Waals surface area contributed by atoms with Gasteiger partial charge in [0.25, 0.3) is 5.91 Å². The van der Waals surface area contributed by atoms with E-state index in [1.165, 1.54) is 0 Å². The van der Waals surface area contributed by atoms with Gasteiger partial charge in [0, 0.05) is 19.1 Å². The molecule has 94 valence electrons. The lowest BCUT2D eigenvalue weighted by Gasteiger charge is -2.26. The molecule has 6 heteroatoms. The van der Waals surface area contributed by atoms with Crippen LogP contribution in [-0.2, 0) is 0 Å². The first kappa shape index (κ1) is 12.0. The van der Waals surface area contributed by atoms with Crippen molar-refractivity contribution in [3.8, 4) is 0 Å². The Labute approximate surface area is 101 Å². The molecule has 0 aliphatic carbocycles. The van der Waals surface area contributed by atoms with Crippen LogP contribution in [0.1, 0.15) is 36.2 Å². The predicted molar refractivity (Wildman–Crippen MR) is 63.7 cm³/mol. The molecule has 0 radical (unpaired) electrons. The average molecular weight is 237 g/mol. The van der Waals surface area contributed by atoms with Crippen LogP contribution in [0.5, 0.6) is 0 Å². The van der Waals surface area contributed by atoms with E-state index in [9.17, 15) is 4.79 Å². The van der Waals surface area contributed by atoms with Crippen molar-refractivity contribution >= 4 is 5.91 Å². The minimum atomic E-state index is -0.0649. The Kier molecular flexibility index (Phi) is 3.73. The fraction of sp³-hybridized carbons (Fsp3) is 0.727. The molecule has 1 amide bonds. The number of rotatable bonds is 4. The highest BCUT2D eigenvalue weighted by molar-refractivity contribution is 5.90. The molecule has 17 heavy (non-hydrogen) atoms. The van der Waals surface area contributed by atoms with Gasteiger partial charge in [-0.2, -0.15) is 0 Å². The van der Waals surface area contributed by atoms with Gasteiger partial charge in [0.2, 0.25) is 5.82 Å². The van der Waals surface area contributed by atoms with Gasteiger partial charge in [-0.05, 0) is 26.3 Å². The van der Waals surface area contributed by atoms with Gasteiger partial charge in [-0.1, -0.05) is 6.92 Å². The molecule has 1 fully saturated rings. The Morgan fingerprint density at radius 2 is 2.41 bits per heavy atom. The SMILES string of the molecule is CCCN(C(=O)c1n[nH]c(C)n1)C1CCNC1. The molecule has 1 atom stereocenters. The number of nitrogens with zero attached hydrogens (tertiary/aromatic N) is 3. The second-order valence-corrected chi connectivity index (χ2v) is 4.39. The molecule has 2 N–H and O–H groups in total. The Morgan fingerprint density at radius 3 is 2.94 bits per heavy atom. The first-order valence-corrected chi connectivity index (χ1v) is 6.13. The molecule has 0 saturated carbocycles. The highest BCUT2D eigenvalue weighted by Gasteiger charge is 2.28. The quantitative estimate of drug-likeness (QED) is 0.791. The number of hydrogen-bond acceptors (Lipinski definition) is 4. The molecule has 0 bridgehead atoms. The summed E-state index contributed by atoms with van der Waals surface area (Å²) in [6.45, 7) is 6.48. The van der Waals surface area contributed by atoms with Gasteiger partial charge in [-0.3, -0.25) is 9.89 Å². The standard InChI is InChI=1S/C11H19N5O/c1-3-6-16(9-4-5-12-7-9)11(17)10-13-8(2)14-15-10/h9,12H,3-7H2,1-2H3,(H,13,14,15). The van der Waals surface area contributed by atoms with Crippen molar-refractivity contribution in [1.82, 2.24) is 25.4 Å². The summed E-state index contributed by atoms with van der Waals surface area (Å²) in [6.07, 6.45) is 1.96. The topological polar surface area (TPSA) is 73.9 Å². The molecule has 1 aliphatic rings. The van der Waals surface area contributed by atoms with Gasteiger partial charge in [0.15, 0.2) is 0 Å². The van der Waals surface area contributed by atoms with E-state index in [2.05, 4.69) is 27.4 Å². The van der Waals surface area contributed by atoms with Gasteiger partial charge >= 0.3 is 0 Å². The molecule has 1 saturated heterocycles. The minimum Gasteiger partial charge on any atom is -0.332 e. The van der Waals surface area contributed by atoms with Crippen molar-refractivity contribution in [3.05, 3.63) is 11.6 Å². The lowest BCUT2D eigenvalue weighted by molar-refractivity contribution is 0.0680. The zero-order chi connectivity index (χ0) is 12.3. The highest BCUT2D eigenvalue weighted by atomic mass is 16.2. The second kappa shape index (κ2) is 5.27. The number of aromatic amines is 1. The maximum absolute atomic E-state index is 12.3. The maximum atomic E-state index is 12.3. The normalized spacial score (nSPS) is 19.5. The molecular weight excluding hydrogens is 218 g/mol. The van der Waals surface area contributed by atoms with Crippen LogP contribution < -0.4 is 5.32 Å². The first-order valence-electron chi connectivity index (χ1n) is 6.13. The van der Waals surface area contributed by atoms with E-state index in [0.717, 1.165) is 32.5 Å². The van der Waals surface area contributed by atoms with Gasteiger partial charge in [0.1, 0.15) is 5.82 Å². The molecule has 6 nitrogen and oxygen atoms in total. The molecule has 0 aromatic carbocycles. The predicted octanol–water partition coefficient (Wildman–Crippen LogP) is 0.327. The lowest BCUT2D eigenvalue weighted by Crippen LogP contribution is -2.42. The maximum Gasteiger partial charge on any atom is 0.293 e. The number of aromatic nitrogens is 3. The van der Waals surface area contributed by atoms with Gasteiger partial charge in [-0.25, -0.2) is 4.98 Å². The summed E-state index contributed by atoms with van der Waals surface area (Å²) in [5, 5.41) is 9.94. The zero-order valence-corrected chi connectivity index (χ0v) is 10.4. The van der Waals surface area contributed by atoms with Crippen molar-refractivity contribution in [2.24, 2.45) is 0 Å². The van der Waals surface area contributed by atoms with Gasteiger partial charge < -0.3 is 10.2 Å². The van der Waals surface area contributed by atoms with Crippen LogP contribution in [0, 0.1) is 6.92 Å². The van der Waals surface area contributed by atoms with E-state index < -0.39 is 0 Å². The third-order valence-corrected chi connectivity index (χ3v) is 2.99. The Bertz CT molecular complexity index is 383. The van der Waals surface area contributed by atoms with Crippen molar-refractivity contribution in [2.75, 3.05) is 19.6 Å². The summed E-state index contributed by atoms with van der Waals surface area (Å²) < 4.78 is 0. The summed E-state index contributed by atoms with van der Waals surface area (Å²) in [6, 6.07) is 0.279. The smallest absolute Gasteiger partial charge is 0.293 e. The van der Waals surface area contributed by atoms with E-state index in [4.69, 9.17) is 0 Å². The summed E-state index contributed by atoms with van der Waals surface area (Å²) in [4.78, 5) is 18.3. The number of amides is 1. The Morgan fingerprint density at radius 1 is 1.59 bits per heavy atom. The van der Waals surface area contributed by atoms with Gasteiger partial charge in [-0.15, -0.1) is 5.10 Å². The van der Waals surface area contributed by atoms with E-state index in [-0.39, 0.29) is 17.8 Å². The molecule has 1 unspecified atom stereocenters. The van der Waals surface area contributed by atoms with Crippen molar-refractivity contribution in [2.45, 2.75) is 32.7 Å². The van der Waals surface area contributed by atoms with Gasteiger partial charge in [0.05, 0.1) is 0 Å². The van der Waals surface area contributed by atoms with Crippen LogP contribution in [-0.4, -0.2) is 51.7 Å². The van der Waals surface area contributed by atoms with Crippen molar-refractivity contribution in [3.63, 3.8) is 0 Å². The van der Waals surface area contributed by atoms with Crippen molar-refractivity contribution < 1.29 is 4.79 Å². The molecule has 1 aromatic rings. The molecular formula is C11H19N5O. The summed E-state index contributed by atoms with van der Waals surface area (Å²) in [5.41, 5.74) is 0. The molecule has 1 aromatic heterocycles. The van der Waals surface area contributed by atoms with E-state index >= 15 is 0 Å². The van der Waals surface area contributed by atoms with Crippen LogP contribution in [0.3, 0.4) is 0 Å². The van der Waals surface area contributed by atoms with Crippen molar-refractivity contribution in [1.29, 1.82) is 0 Å². The summed E-state index contributed by atoms with van der Waals surface area (Å²) in [7, 11) is 0. The van der Waals surface area contributed by atoms with E-state index in [1.807, 2.05) is 4.90 Å². The fourth-order valence-corrected chi connectivity index (χ4v) is 2.16. The number of nitrogens with one attached hydrogen (secondary N) is 2. The number of carbonyl (C=O) groups is 1. The van der Waals surface area contributed by atoms with Crippen LogP contribution in [0.2, 0.25) is 0 Å². The van der Waals surface area contributed by atoms with Crippen LogP contribution >= 0.6 is 0 Å². The second-order valence-electron chi connectivity index (χ2n) is 4.39. The zero-order valence-electron chi connectivity index (χ0n) is 10.4. The first-order chi connectivity index (χ1) is 8.22. The highest BCUT2D eigenvalue weighted by Crippen LogP contribution is 2.12. The summed E-state index contributed by atoms with van der Waals surface area (Å²) in [5.74, 6) is 0.891. The molecule has 0 spiro atoms. The number of hydrogen-bond donors (Lipinski definition) is 2. The van der Waals surface area contributed by atoms with E-state index in [1.54, 1.807) is 6.92 Å². The Balaban J connectivity index is 2.12. The monoisotopic (exact) mass is 237 g/mol. The van der Waals surface area contributed by atoms with E-state index in [0.29, 0.717) is 5.82 Å². The third-order valence-electron chi connectivity index (χ3n) is 2.99. The summed E-state index contributed by atoms with van der Waals surface area (Å²) >= 11 is 0. The average Bonchev–Trinajstić information content (AvgIpc) is 2.95. The lowest BCUT2D eigenvalue weighted by atomic mass is 10.2. The fourth-order valence-electron chi connectivity index (χ4n) is 2.16. The number of H-pyrrole nitrogens is 1. The van der Waals surface area contributed by atoms with Crippen LogP contribution in [0.25, 0.3) is 0 Å². The number of carbonyl (C=O) groups excluding carboxylic acids is 1. The molecule has 2 rings (SSSR count). The molecule has 2 heterocycles. The van der Waals surface area contributed by atoms with Crippen LogP contribution in [0.15, 0.2) is 0 Å².